The zero-order chi connectivity index (χ0) is 11.5. The van der Waals surface area contributed by atoms with Crippen molar-refractivity contribution in [3.8, 4) is 0 Å². The Morgan fingerprint density at radius 2 is 1.94 bits per heavy atom. The summed E-state index contributed by atoms with van der Waals surface area (Å²) in [6, 6.07) is 4.04. The third-order valence-corrected chi connectivity index (χ3v) is 2.53. The van der Waals surface area contributed by atoms with Gasteiger partial charge in [0, 0.05) is 12.4 Å². The SMILES string of the molecule is Fc1ccc(Cl)c(Nc2ncc(Br)cn2)c1. The molecular weight excluding hydrogens is 296 g/mol. The summed E-state index contributed by atoms with van der Waals surface area (Å²) in [6.45, 7) is 0. The molecule has 82 valence electrons. The van der Waals surface area contributed by atoms with E-state index in [9.17, 15) is 4.39 Å². The first-order valence-electron chi connectivity index (χ1n) is 4.35. The number of rotatable bonds is 2. The van der Waals surface area contributed by atoms with E-state index in [0.29, 0.717) is 16.7 Å². The van der Waals surface area contributed by atoms with Crippen LogP contribution in [-0.4, -0.2) is 9.97 Å². The molecule has 3 nitrogen and oxygen atoms in total. The highest BCUT2D eigenvalue weighted by atomic mass is 79.9. The monoisotopic (exact) mass is 301 g/mol. The van der Waals surface area contributed by atoms with Crippen LogP contribution in [0.3, 0.4) is 0 Å². The average Bonchev–Trinajstić information content (AvgIpc) is 2.27. The van der Waals surface area contributed by atoms with Crippen molar-refractivity contribution in [2.75, 3.05) is 5.32 Å². The van der Waals surface area contributed by atoms with Crippen LogP contribution in [-0.2, 0) is 0 Å². The molecule has 0 atom stereocenters. The van der Waals surface area contributed by atoms with Crippen molar-refractivity contribution in [2.45, 2.75) is 0 Å². The molecule has 0 amide bonds. The van der Waals surface area contributed by atoms with Gasteiger partial charge in [0.25, 0.3) is 0 Å². The average molecular weight is 303 g/mol. The van der Waals surface area contributed by atoms with Gasteiger partial charge in [-0.05, 0) is 34.1 Å². The minimum Gasteiger partial charge on any atom is -0.323 e. The Morgan fingerprint density at radius 1 is 1.25 bits per heavy atom. The van der Waals surface area contributed by atoms with Crippen LogP contribution in [0, 0.1) is 5.82 Å². The van der Waals surface area contributed by atoms with Crippen LogP contribution in [0.4, 0.5) is 16.0 Å². The predicted molar refractivity (Wildman–Crippen MR) is 64.4 cm³/mol. The molecule has 1 heterocycles. The third-order valence-electron chi connectivity index (χ3n) is 1.80. The number of aromatic nitrogens is 2. The number of anilines is 2. The van der Waals surface area contributed by atoms with E-state index in [-0.39, 0.29) is 5.82 Å². The maximum absolute atomic E-state index is 13.0. The van der Waals surface area contributed by atoms with Crippen molar-refractivity contribution in [2.24, 2.45) is 0 Å². The fourth-order valence-corrected chi connectivity index (χ4v) is 1.46. The van der Waals surface area contributed by atoms with E-state index in [1.165, 1.54) is 18.2 Å². The molecule has 0 fully saturated rings. The van der Waals surface area contributed by atoms with Gasteiger partial charge in [-0.3, -0.25) is 0 Å². The number of hydrogen-bond donors (Lipinski definition) is 1. The Kier molecular flexibility index (Phi) is 3.36. The highest BCUT2D eigenvalue weighted by Gasteiger charge is 2.03. The largest absolute Gasteiger partial charge is 0.323 e. The Balaban J connectivity index is 2.26. The van der Waals surface area contributed by atoms with Crippen molar-refractivity contribution in [3.63, 3.8) is 0 Å². The summed E-state index contributed by atoms with van der Waals surface area (Å²) in [5.41, 5.74) is 0.434. The van der Waals surface area contributed by atoms with Crippen molar-refractivity contribution < 1.29 is 4.39 Å². The first-order chi connectivity index (χ1) is 7.65. The molecule has 0 aliphatic carbocycles. The van der Waals surface area contributed by atoms with Gasteiger partial charge in [-0.15, -0.1) is 0 Å². The van der Waals surface area contributed by atoms with E-state index in [4.69, 9.17) is 11.6 Å². The Bertz CT molecular complexity index is 504. The zero-order valence-electron chi connectivity index (χ0n) is 7.92. The number of nitrogens with one attached hydrogen (secondary N) is 1. The second-order valence-electron chi connectivity index (χ2n) is 2.97. The summed E-state index contributed by atoms with van der Waals surface area (Å²) in [4.78, 5) is 7.99. The normalized spacial score (nSPS) is 10.2. The molecule has 0 aliphatic heterocycles. The van der Waals surface area contributed by atoms with Gasteiger partial charge in [-0.25, -0.2) is 14.4 Å². The smallest absolute Gasteiger partial charge is 0.227 e. The predicted octanol–water partition coefficient (Wildman–Crippen LogP) is 3.78. The van der Waals surface area contributed by atoms with Crippen molar-refractivity contribution in [1.29, 1.82) is 0 Å². The maximum atomic E-state index is 13.0. The van der Waals surface area contributed by atoms with E-state index in [2.05, 4.69) is 31.2 Å². The van der Waals surface area contributed by atoms with Crippen LogP contribution < -0.4 is 5.32 Å². The number of nitrogens with zero attached hydrogens (tertiary/aromatic N) is 2. The number of hydrogen-bond acceptors (Lipinski definition) is 3. The summed E-state index contributed by atoms with van der Waals surface area (Å²) in [6.07, 6.45) is 3.17. The van der Waals surface area contributed by atoms with Gasteiger partial charge in [-0.2, -0.15) is 0 Å². The van der Waals surface area contributed by atoms with E-state index in [1.807, 2.05) is 0 Å². The first kappa shape index (κ1) is 11.3. The van der Waals surface area contributed by atoms with E-state index in [0.717, 1.165) is 4.47 Å². The zero-order valence-corrected chi connectivity index (χ0v) is 10.3. The Hall–Kier alpha value is -1.20. The van der Waals surface area contributed by atoms with Gasteiger partial charge in [0.15, 0.2) is 0 Å². The molecule has 16 heavy (non-hydrogen) atoms. The second-order valence-corrected chi connectivity index (χ2v) is 4.30. The number of benzene rings is 1. The quantitative estimate of drug-likeness (QED) is 0.917. The summed E-state index contributed by atoms with van der Waals surface area (Å²) < 4.78 is 13.7. The van der Waals surface area contributed by atoms with Crippen LogP contribution in [0.15, 0.2) is 35.1 Å². The third kappa shape index (κ3) is 2.68. The molecule has 2 aromatic rings. The molecule has 2 rings (SSSR count). The fourth-order valence-electron chi connectivity index (χ4n) is 1.09. The van der Waals surface area contributed by atoms with E-state index in [1.54, 1.807) is 12.4 Å². The molecular formula is C10H6BrClFN3. The summed E-state index contributed by atoms with van der Waals surface area (Å²) >= 11 is 9.10. The molecule has 0 aliphatic rings. The van der Waals surface area contributed by atoms with Crippen LogP contribution in [0.2, 0.25) is 5.02 Å². The Labute approximate surface area is 105 Å². The standard InChI is InChI=1S/C10H6BrClFN3/c11-6-4-14-10(15-5-6)16-9-3-7(13)1-2-8(9)12/h1-5H,(H,14,15,16). The summed E-state index contributed by atoms with van der Waals surface area (Å²) in [5, 5.41) is 3.24. The molecule has 0 bridgehead atoms. The number of halogens is 3. The van der Waals surface area contributed by atoms with Crippen LogP contribution in [0.5, 0.6) is 0 Å². The highest BCUT2D eigenvalue weighted by Crippen LogP contribution is 2.24. The van der Waals surface area contributed by atoms with Crippen molar-refractivity contribution in [1.82, 2.24) is 9.97 Å². The van der Waals surface area contributed by atoms with Crippen LogP contribution in [0.1, 0.15) is 0 Å². The van der Waals surface area contributed by atoms with Gasteiger partial charge in [0.1, 0.15) is 5.82 Å². The van der Waals surface area contributed by atoms with Crippen molar-refractivity contribution in [3.05, 3.63) is 45.9 Å². The Morgan fingerprint density at radius 3 is 2.62 bits per heavy atom. The lowest BCUT2D eigenvalue weighted by atomic mass is 10.3. The molecule has 1 aromatic heterocycles. The lowest BCUT2D eigenvalue weighted by molar-refractivity contribution is 0.628. The molecule has 1 aromatic carbocycles. The lowest BCUT2D eigenvalue weighted by Gasteiger charge is -2.06. The first-order valence-corrected chi connectivity index (χ1v) is 5.52. The minimum atomic E-state index is -0.371. The molecule has 0 saturated carbocycles. The van der Waals surface area contributed by atoms with E-state index >= 15 is 0 Å². The van der Waals surface area contributed by atoms with Crippen LogP contribution in [0.25, 0.3) is 0 Å². The molecule has 1 N–H and O–H groups in total. The van der Waals surface area contributed by atoms with E-state index < -0.39 is 0 Å². The molecule has 0 spiro atoms. The topological polar surface area (TPSA) is 37.8 Å². The van der Waals surface area contributed by atoms with Crippen molar-refractivity contribution >= 4 is 39.2 Å². The fraction of sp³-hybridized carbons (Fsp3) is 0. The van der Waals surface area contributed by atoms with Gasteiger partial charge in [0.2, 0.25) is 5.95 Å². The summed E-state index contributed by atoms with van der Waals surface area (Å²) in [7, 11) is 0. The van der Waals surface area contributed by atoms with Gasteiger partial charge in [-0.1, -0.05) is 11.6 Å². The molecule has 6 heteroatoms. The van der Waals surface area contributed by atoms with Crippen LogP contribution >= 0.6 is 27.5 Å². The lowest BCUT2D eigenvalue weighted by Crippen LogP contribution is -1.97. The molecule has 0 unspecified atom stereocenters. The molecule has 0 saturated heterocycles. The molecule has 0 radical (unpaired) electrons. The second kappa shape index (κ2) is 4.76. The minimum absolute atomic E-state index is 0.357. The van der Waals surface area contributed by atoms with Gasteiger partial charge >= 0.3 is 0 Å². The van der Waals surface area contributed by atoms with Gasteiger partial charge < -0.3 is 5.32 Å². The van der Waals surface area contributed by atoms with Gasteiger partial charge in [0.05, 0.1) is 15.2 Å². The highest BCUT2D eigenvalue weighted by molar-refractivity contribution is 9.10. The summed E-state index contributed by atoms with van der Waals surface area (Å²) in [5.74, 6) is -0.0142. The maximum Gasteiger partial charge on any atom is 0.227 e.